The number of hydrogen-bond acceptors (Lipinski definition) is 6. The van der Waals surface area contributed by atoms with Crippen molar-refractivity contribution in [1.82, 2.24) is 0 Å². The van der Waals surface area contributed by atoms with Crippen molar-refractivity contribution >= 4 is 22.7 Å². The molecule has 0 bridgehead atoms. The molecule has 2 atom stereocenters. The summed E-state index contributed by atoms with van der Waals surface area (Å²) in [6, 6.07) is 48.1. The standard InChI is InChI=1S/C50H54N2O4/c1-33(2)27-29-51(30-28-34(3)4)37-23-25-41(45(53)31-37)47-49(55)48(50(47)56)42-26-24-38(32-46(42)54)52(43-21-13-11-19-39(43)35-15-7-5-8-16-35)44-22-14-12-20-40(44)36-17-9-6-10-18-36/h5-26,31-34,47-50,53-56H,27-30H2,1-4H3. The zero-order chi connectivity index (χ0) is 39.3. The number of aliphatic hydroxyl groups excluding tert-OH is 2. The van der Waals surface area contributed by atoms with Crippen LogP contribution in [0.2, 0.25) is 0 Å². The molecular formula is C50H54N2O4. The van der Waals surface area contributed by atoms with Gasteiger partial charge in [0.1, 0.15) is 11.5 Å². The van der Waals surface area contributed by atoms with E-state index in [1.54, 1.807) is 12.1 Å². The van der Waals surface area contributed by atoms with Gasteiger partial charge >= 0.3 is 0 Å². The molecule has 0 radical (unpaired) electrons. The average molecular weight is 747 g/mol. The number of aliphatic hydroxyl groups is 2. The normalized spacial score (nSPS) is 17.9. The fourth-order valence-corrected chi connectivity index (χ4v) is 8.07. The number of rotatable bonds is 14. The first kappa shape index (κ1) is 38.7. The Kier molecular flexibility index (Phi) is 11.8. The Balaban J connectivity index is 1.21. The number of phenols is 2. The Bertz CT molecular complexity index is 2120. The van der Waals surface area contributed by atoms with E-state index >= 15 is 0 Å². The Hall–Kier alpha value is -5.56. The van der Waals surface area contributed by atoms with E-state index in [1.165, 1.54) is 0 Å². The second-order valence-electron chi connectivity index (χ2n) is 16.0. The van der Waals surface area contributed by atoms with E-state index < -0.39 is 24.0 Å². The first-order valence-corrected chi connectivity index (χ1v) is 20.0. The van der Waals surface area contributed by atoms with E-state index in [1.807, 2.05) is 84.9 Å². The van der Waals surface area contributed by atoms with E-state index in [2.05, 4.69) is 86.0 Å². The summed E-state index contributed by atoms with van der Waals surface area (Å²) in [7, 11) is 0. The van der Waals surface area contributed by atoms with Gasteiger partial charge in [-0.2, -0.15) is 0 Å². The Morgan fingerprint density at radius 3 is 1.30 bits per heavy atom. The SMILES string of the molecule is CC(C)CCN(CCC(C)C)c1ccc(C2C(O)C(c3ccc(N(c4ccccc4-c4ccccc4)c4ccccc4-c4ccccc4)cc3O)C2O)c(O)c1. The lowest BCUT2D eigenvalue weighted by Crippen LogP contribution is -2.51. The molecule has 56 heavy (non-hydrogen) atoms. The largest absolute Gasteiger partial charge is 0.508 e. The maximum Gasteiger partial charge on any atom is 0.121 e. The smallest absolute Gasteiger partial charge is 0.121 e. The average Bonchev–Trinajstić information content (AvgIpc) is 3.20. The summed E-state index contributed by atoms with van der Waals surface area (Å²) >= 11 is 0. The Labute approximate surface area is 332 Å². The molecule has 1 aliphatic carbocycles. The number of nitrogens with zero attached hydrogens (tertiary/aromatic N) is 2. The van der Waals surface area contributed by atoms with Crippen molar-refractivity contribution in [2.24, 2.45) is 11.8 Å². The van der Waals surface area contributed by atoms with Crippen LogP contribution in [0.5, 0.6) is 11.5 Å². The van der Waals surface area contributed by atoms with Crippen molar-refractivity contribution in [1.29, 1.82) is 0 Å². The Morgan fingerprint density at radius 1 is 0.482 bits per heavy atom. The van der Waals surface area contributed by atoms with Crippen LogP contribution in [0.4, 0.5) is 22.7 Å². The summed E-state index contributed by atoms with van der Waals surface area (Å²) in [4.78, 5) is 4.48. The lowest BCUT2D eigenvalue weighted by molar-refractivity contribution is -0.0797. The number of benzene rings is 6. The molecule has 0 aromatic heterocycles. The van der Waals surface area contributed by atoms with Crippen molar-refractivity contribution in [3.63, 3.8) is 0 Å². The van der Waals surface area contributed by atoms with E-state index in [9.17, 15) is 20.4 Å². The predicted octanol–water partition coefficient (Wildman–Crippen LogP) is 11.4. The van der Waals surface area contributed by atoms with Gasteiger partial charge in [0.25, 0.3) is 0 Å². The molecular weight excluding hydrogens is 693 g/mol. The minimum atomic E-state index is -1.01. The summed E-state index contributed by atoms with van der Waals surface area (Å²) in [5.74, 6) is -0.263. The molecule has 4 N–H and O–H groups in total. The first-order valence-electron chi connectivity index (χ1n) is 20.0. The Morgan fingerprint density at radius 2 is 0.875 bits per heavy atom. The van der Waals surface area contributed by atoms with Crippen LogP contribution in [-0.4, -0.2) is 45.7 Å². The van der Waals surface area contributed by atoms with Gasteiger partial charge < -0.3 is 30.2 Å². The second-order valence-corrected chi connectivity index (χ2v) is 16.0. The minimum absolute atomic E-state index is 0.0195. The van der Waals surface area contributed by atoms with Crippen molar-refractivity contribution in [3.8, 4) is 33.8 Å². The number of aromatic hydroxyl groups is 2. The van der Waals surface area contributed by atoms with Crippen LogP contribution in [-0.2, 0) is 0 Å². The molecule has 2 unspecified atom stereocenters. The fraction of sp³-hybridized carbons (Fsp3) is 0.280. The van der Waals surface area contributed by atoms with Crippen LogP contribution in [0.15, 0.2) is 146 Å². The third-order valence-corrected chi connectivity index (χ3v) is 11.3. The van der Waals surface area contributed by atoms with Crippen molar-refractivity contribution in [2.45, 2.75) is 64.6 Å². The third kappa shape index (κ3) is 8.04. The highest BCUT2D eigenvalue weighted by molar-refractivity contribution is 5.93. The monoisotopic (exact) mass is 746 g/mol. The van der Waals surface area contributed by atoms with Gasteiger partial charge in [-0.25, -0.2) is 0 Å². The molecule has 6 aromatic rings. The lowest BCUT2D eigenvalue weighted by Gasteiger charge is -2.47. The third-order valence-electron chi connectivity index (χ3n) is 11.3. The predicted molar refractivity (Wildman–Crippen MR) is 230 cm³/mol. The van der Waals surface area contributed by atoms with Crippen LogP contribution < -0.4 is 9.80 Å². The topological polar surface area (TPSA) is 87.4 Å². The van der Waals surface area contributed by atoms with E-state index in [0.29, 0.717) is 23.0 Å². The van der Waals surface area contributed by atoms with Crippen molar-refractivity contribution in [2.75, 3.05) is 22.9 Å². The van der Waals surface area contributed by atoms with Crippen LogP contribution in [0, 0.1) is 11.8 Å². The van der Waals surface area contributed by atoms with Crippen LogP contribution in [0.3, 0.4) is 0 Å². The van der Waals surface area contributed by atoms with Gasteiger partial charge in [-0.15, -0.1) is 0 Å². The minimum Gasteiger partial charge on any atom is -0.508 e. The molecule has 6 aromatic carbocycles. The van der Waals surface area contributed by atoms with Gasteiger partial charge in [-0.1, -0.05) is 137 Å². The highest BCUT2D eigenvalue weighted by atomic mass is 16.3. The van der Waals surface area contributed by atoms with Crippen LogP contribution >= 0.6 is 0 Å². The molecule has 288 valence electrons. The van der Waals surface area contributed by atoms with Crippen molar-refractivity contribution < 1.29 is 20.4 Å². The summed E-state index contributed by atoms with van der Waals surface area (Å²) in [5, 5.41) is 46.3. The molecule has 0 heterocycles. The zero-order valence-corrected chi connectivity index (χ0v) is 32.8. The lowest BCUT2D eigenvalue weighted by atomic mass is 9.63. The van der Waals surface area contributed by atoms with E-state index in [0.717, 1.165) is 70.9 Å². The van der Waals surface area contributed by atoms with Gasteiger partial charge in [0.05, 0.1) is 23.6 Å². The summed E-state index contributed by atoms with van der Waals surface area (Å²) in [6.45, 7) is 10.6. The molecule has 6 nitrogen and oxygen atoms in total. The molecule has 7 rings (SSSR count). The molecule has 1 saturated carbocycles. The van der Waals surface area contributed by atoms with E-state index in [-0.39, 0.29) is 11.5 Å². The molecule has 1 fully saturated rings. The van der Waals surface area contributed by atoms with Gasteiger partial charge in [-0.3, -0.25) is 0 Å². The number of phenolic OH excluding ortho intramolecular Hbond substituents is 2. The van der Waals surface area contributed by atoms with E-state index in [4.69, 9.17) is 0 Å². The molecule has 6 heteroatoms. The quantitative estimate of drug-likeness (QED) is 0.0888. The van der Waals surface area contributed by atoms with Crippen LogP contribution in [0.1, 0.15) is 63.5 Å². The fourth-order valence-electron chi connectivity index (χ4n) is 8.07. The molecule has 0 amide bonds. The van der Waals surface area contributed by atoms with Gasteiger partial charge in [0.2, 0.25) is 0 Å². The van der Waals surface area contributed by atoms with Crippen molar-refractivity contribution in [3.05, 3.63) is 157 Å². The highest BCUT2D eigenvalue weighted by Gasteiger charge is 2.52. The van der Waals surface area contributed by atoms with Crippen LogP contribution in [0.25, 0.3) is 22.3 Å². The molecule has 0 spiro atoms. The van der Waals surface area contributed by atoms with Gasteiger partial charge in [0, 0.05) is 70.7 Å². The summed E-state index contributed by atoms with van der Waals surface area (Å²) in [6.07, 6.45) is 0.0681. The number of anilines is 4. The first-order chi connectivity index (χ1) is 27.1. The maximum absolute atomic E-state index is 11.8. The van der Waals surface area contributed by atoms with Gasteiger partial charge in [0.15, 0.2) is 0 Å². The maximum atomic E-state index is 11.8. The second kappa shape index (κ2) is 17.1. The van der Waals surface area contributed by atoms with Gasteiger partial charge in [-0.05, 0) is 60.1 Å². The molecule has 1 aliphatic rings. The zero-order valence-electron chi connectivity index (χ0n) is 32.8. The summed E-state index contributed by atoms with van der Waals surface area (Å²) in [5.41, 5.74) is 8.69. The molecule has 0 aliphatic heterocycles. The number of hydrogen-bond donors (Lipinski definition) is 4. The highest BCUT2D eigenvalue weighted by Crippen LogP contribution is 2.53. The molecule has 0 saturated heterocycles. The summed E-state index contributed by atoms with van der Waals surface area (Å²) < 4.78 is 0. The number of para-hydroxylation sites is 2.